The summed E-state index contributed by atoms with van der Waals surface area (Å²) in [5, 5.41) is 3.50. The van der Waals surface area contributed by atoms with Crippen LogP contribution in [0.1, 0.15) is 71.6 Å². The Bertz CT molecular complexity index is 176. The van der Waals surface area contributed by atoms with Gasteiger partial charge >= 0.3 is 0 Å². The Labute approximate surface area is 102 Å². The molecule has 0 saturated heterocycles. The summed E-state index contributed by atoms with van der Waals surface area (Å²) >= 11 is 0. The van der Waals surface area contributed by atoms with Gasteiger partial charge in [0, 0.05) is 12.8 Å². The van der Waals surface area contributed by atoms with Gasteiger partial charge in [0.25, 0.3) is 0 Å². The minimum atomic E-state index is 1.07. The van der Waals surface area contributed by atoms with Crippen molar-refractivity contribution >= 4 is 0 Å². The van der Waals surface area contributed by atoms with Crippen LogP contribution in [0.4, 0.5) is 0 Å². The molecule has 1 nitrogen and oxygen atoms in total. The van der Waals surface area contributed by atoms with Crippen LogP contribution in [0.5, 0.6) is 0 Å². The molecule has 0 aromatic rings. The van der Waals surface area contributed by atoms with E-state index in [1.807, 2.05) is 0 Å². The van der Waals surface area contributed by atoms with Crippen LogP contribution in [0.15, 0.2) is 0 Å². The normalized spacial score (nSPS) is 9.88. The first-order chi connectivity index (χ1) is 7.91. The Balaban J connectivity index is 2.96. The molecule has 0 saturated carbocycles. The van der Waals surface area contributed by atoms with Crippen LogP contribution in [-0.4, -0.2) is 13.1 Å². The summed E-state index contributed by atoms with van der Waals surface area (Å²) in [6.07, 6.45) is 11.3. The Morgan fingerprint density at radius 2 is 1.38 bits per heavy atom. The molecule has 0 aliphatic heterocycles. The lowest BCUT2D eigenvalue weighted by molar-refractivity contribution is 0.578. The Hall–Kier alpha value is -0.480. The first-order valence-corrected chi connectivity index (χ1v) is 7.08. The van der Waals surface area contributed by atoms with Crippen molar-refractivity contribution in [1.29, 1.82) is 0 Å². The van der Waals surface area contributed by atoms with E-state index in [4.69, 9.17) is 0 Å². The summed E-state index contributed by atoms with van der Waals surface area (Å²) < 4.78 is 0. The second kappa shape index (κ2) is 14.5. The quantitative estimate of drug-likeness (QED) is 0.434. The van der Waals surface area contributed by atoms with Gasteiger partial charge in [-0.2, -0.15) is 0 Å². The zero-order valence-corrected chi connectivity index (χ0v) is 11.3. The van der Waals surface area contributed by atoms with E-state index in [0.29, 0.717) is 0 Å². The fraction of sp³-hybridized carbons (Fsp3) is 0.867. The predicted octanol–water partition coefficient (Wildman–Crippen LogP) is 4.13. The average molecular weight is 223 g/mol. The van der Waals surface area contributed by atoms with E-state index in [1.54, 1.807) is 0 Å². The van der Waals surface area contributed by atoms with Crippen molar-refractivity contribution in [2.24, 2.45) is 0 Å². The van der Waals surface area contributed by atoms with E-state index in [9.17, 15) is 0 Å². The SMILES string of the molecule is CCCC#CCCCCNCCCCCC. The summed E-state index contributed by atoms with van der Waals surface area (Å²) in [6.45, 7) is 6.80. The molecular formula is C15H29N. The molecule has 0 aromatic carbocycles. The van der Waals surface area contributed by atoms with Gasteiger partial charge < -0.3 is 5.32 Å². The van der Waals surface area contributed by atoms with Crippen LogP contribution in [0, 0.1) is 11.8 Å². The maximum Gasteiger partial charge on any atom is 0.00891 e. The lowest BCUT2D eigenvalue weighted by atomic mass is 10.2. The molecule has 1 N–H and O–H groups in total. The van der Waals surface area contributed by atoms with Crippen LogP contribution < -0.4 is 5.32 Å². The van der Waals surface area contributed by atoms with Crippen molar-refractivity contribution in [3.05, 3.63) is 0 Å². The smallest absolute Gasteiger partial charge is 0.00891 e. The maximum absolute atomic E-state index is 3.50. The third-order valence-corrected chi connectivity index (χ3v) is 2.61. The van der Waals surface area contributed by atoms with Gasteiger partial charge in [0.15, 0.2) is 0 Å². The van der Waals surface area contributed by atoms with Gasteiger partial charge in [0.2, 0.25) is 0 Å². The number of hydrogen-bond donors (Lipinski definition) is 1. The highest BCUT2D eigenvalue weighted by atomic mass is 14.8. The highest BCUT2D eigenvalue weighted by molar-refractivity contribution is 4.98. The van der Waals surface area contributed by atoms with Crippen molar-refractivity contribution in [2.75, 3.05) is 13.1 Å². The summed E-state index contributed by atoms with van der Waals surface area (Å²) in [5.74, 6) is 6.42. The van der Waals surface area contributed by atoms with Crippen molar-refractivity contribution < 1.29 is 0 Å². The molecule has 1 heteroatoms. The zero-order valence-electron chi connectivity index (χ0n) is 11.3. The van der Waals surface area contributed by atoms with Gasteiger partial charge in [-0.25, -0.2) is 0 Å². The monoisotopic (exact) mass is 223 g/mol. The molecule has 0 aromatic heterocycles. The second-order valence-corrected chi connectivity index (χ2v) is 4.37. The molecule has 16 heavy (non-hydrogen) atoms. The van der Waals surface area contributed by atoms with Crippen LogP contribution >= 0.6 is 0 Å². The molecule has 0 fully saturated rings. The topological polar surface area (TPSA) is 12.0 Å². The molecule has 0 heterocycles. The lowest BCUT2D eigenvalue weighted by Crippen LogP contribution is -2.16. The largest absolute Gasteiger partial charge is 0.317 e. The van der Waals surface area contributed by atoms with Crippen molar-refractivity contribution in [3.8, 4) is 11.8 Å². The second-order valence-electron chi connectivity index (χ2n) is 4.37. The predicted molar refractivity (Wildman–Crippen MR) is 73.5 cm³/mol. The standard InChI is InChI=1S/C15H29N/c1-3-5-7-9-10-11-13-15-16-14-12-8-6-4-2/h16H,3-6,8,10-15H2,1-2H3. The molecule has 0 spiro atoms. The van der Waals surface area contributed by atoms with E-state index in [2.05, 4.69) is 31.0 Å². The molecular weight excluding hydrogens is 194 g/mol. The lowest BCUT2D eigenvalue weighted by Gasteiger charge is -2.02. The summed E-state index contributed by atoms with van der Waals surface area (Å²) in [5.41, 5.74) is 0. The van der Waals surface area contributed by atoms with Crippen LogP contribution in [-0.2, 0) is 0 Å². The summed E-state index contributed by atoms with van der Waals surface area (Å²) in [7, 11) is 0. The molecule has 0 radical (unpaired) electrons. The van der Waals surface area contributed by atoms with Gasteiger partial charge in [-0.1, -0.05) is 33.1 Å². The van der Waals surface area contributed by atoms with Crippen LogP contribution in [0.2, 0.25) is 0 Å². The van der Waals surface area contributed by atoms with E-state index in [1.165, 1.54) is 58.0 Å². The zero-order chi connectivity index (χ0) is 11.9. The molecule has 0 bridgehead atoms. The molecule has 0 aliphatic carbocycles. The number of nitrogens with one attached hydrogen (secondary N) is 1. The van der Waals surface area contributed by atoms with Crippen molar-refractivity contribution in [3.63, 3.8) is 0 Å². The maximum atomic E-state index is 3.50. The Kier molecular flexibility index (Phi) is 14.1. The Morgan fingerprint density at radius 1 is 0.688 bits per heavy atom. The highest BCUT2D eigenvalue weighted by Crippen LogP contribution is 1.97. The van der Waals surface area contributed by atoms with Gasteiger partial charge in [-0.15, -0.1) is 11.8 Å². The van der Waals surface area contributed by atoms with E-state index in [0.717, 1.165) is 12.8 Å². The van der Waals surface area contributed by atoms with Gasteiger partial charge in [0.1, 0.15) is 0 Å². The molecule has 0 unspecified atom stereocenters. The minimum absolute atomic E-state index is 1.07. The Morgan fingerprint density at radius 3 is 2.06 bits per heavy atom. The third kappa shape index (κ3) is 13.5. The van der Waals surface area contributed by atoms with Gasteiger partial charge in [0.05, 0.1) is 0 Å². The van der Waals surface area contributed by atoms with E-state index < -0.39 is 0 Å². The van der Waals surface area contributed by atoms with Crippen molar-refractivity contribution in [2.45, 2.75) is 71.6 Å². The molecule has 0 rings (SSSR count). The molecule has 94 valence electrons. The average Bonchev–Trinajstić information content (AvgIpc) is 2.31. The summed E-state index contributed by atoms with van der Waals surface area (Å²) in [6, 6.07) is 0. The fourth-order valence-electron chi connectivity index (χ4n) is 1.57. The van der Waals surface area contributed by atoms with Crippen LogP contribution in [0.25, 0.3) is 0 Å². The first-order valence-electron chi connectivity index (χ1n) is 7.08. The molecule has 0 amide bonds. The van der Waals surface area contributed by atoms with Crippen molar-refractivity contribution in [1.82, 2.24) is 5.32 Å². The third-order valence-electron chi connectivity index (χ3n) is 2.61. The molecule has 0 aliphatic rings. The minimum Gasteiger partial charge on any atom is -0.317 e. The molecule has 0 atom stereocenters. The van der Waals surface area contributed by atoms with Crippen LogP contribution in [0.3, 0.4) is 0 Å². The van der Waals surface area contributed by atoms with Gasteiger partial charge in [-0.05, 0) is 38.8 Å². The fourth-order valence-corrected chi connectivity index (χ4v) is 1.57. The van der Waals surface area contributed by atoms with Gasteiger partial charge in [-0.3, -0.25) is 0 Å². The first kappa shape index (κ1) is 15.5. The van der Waals surface area contributed by atoms with E-state index >= 15 is 0 Å². The number of unbranched alkanes of at least 4 members (excludes halogenated alkanes) is 6. The number of hydrogen-bond acceptors (Lipinski definition) is 1. The summed E-state index contributed by atoms with van der Waals surface area (Å²) in [4.78, 5) is 0. The number of rotatable bonds is 10. The highest BCUT2D eigenvalue weighted by Gasteiger charge is 1.89. The van der Waals surface area contributed by atoms with E-state index in [-0.39, 0.29) is 0 Å².